The average molecular weight is 330 g/mol. The molecule has 1 heterocycles. The van der Waals surface area contributed by atoms with Crippen LogP contribution in [0.5, 0.6) is 0 Å². The third-order valence-electron chi connectivity index (χ3n) is 3.57. The fraction of sp³-hybridized carbons (Fsp3) is 0.143. The molecule has 0 amide bonds. The van der Waals surface area contributed by atoms with Gasteiger partial charge in [-0.25, -0.2) is 0 Å². The third-order valence-corrected chi connectivity index (χ3v) is 3.57. The maximum atomic E-state index is 8.95. The van der Waals surface area contributed by atoms with Crippen LogP contribution in [0.1, 0.15) is 24.7 Å². The molecule has 4 nitrogen and oxygen atoms in total. The van der Waals surface area contributed by atoms with Gasteiger partial charge in [0.05, 0.1) is 24.1 Å². The Morgan fingerprint density at radius 2 is 2.00 bits per heavy atom. The molecule has 124 valence electrons. The van der Waals surface area contributed by atoms with Crippen molar-refractivity contribution in [2.45, 2.75) is 19.8 Å². The van der Waals surface area contributed by atoms with Crippen LogP contribution in [0.3, 0.4) is 0 Å². The molecule has 0 aliphatic heterocycles. The predicted octanol–water partition coefficient (Wildman–Crippen LogP) is 5.31. The largest absolute Gasteiger partial charge is 0.462 e. The minimum atomic E-state index is 0.345. The van der Waals surface area contributed by atoms with Crippen molar-refractivity contribution >= 4 is 11.0 Å². The van der Waals surface area contributed by atoms with Crippen LogP contribution >= 0.6 is 0 Å². The van der Waals surface area contributed by atoms with Gasteiger partial charge in [0.1, 0.15) is 22.9 Å². The fourth-order valence-electron chi connectivity index (χ4n) is 2.35. The monoisotopic (exact) mass is 330 g/mol. The Morgan fingerprint density at radius 3 is 2.64 bits per heavy atom. The van der Waals surface area contributed by atoms with E-state index in [9.17, 15) is 0 Å². The summed E-state index contributed by atoms with van der Waals surface area (Å²) in [5.74, 6) is 1.60. The van der Waals surface area contributed by atoms with Crippen molar-refractivity contribution in [3.63, 3.8) is 0 Å². The van der Waals surface area contributed by atoms with E-state index < -0.39 is 0 Å². The molecule has 0 aliphatic rings. The lowest BCUT2D eigenvalue weighted by atomic mass is 10.1. The Hall–Kier alpha value is -3.50. The van der Waals surface area contributed by atoms with Gasteiger partial charge in [0.15, 0.2) is 0 Å². The lowest BCUT2D eigenvalue weighted by Crippen LogP contribution is -1.97. The lowest BCUT2D eigenvalue weighted by molar-refractivity contribution is 0.301. The molecule has 0 spiro atoms. The second kappa shape index (κ2) is 7.86. The zero-order valence-electron chi connectivity index (χ0n) is 14.1. The summed E-state index contributed by atoms with van der Waals surface area (Å²) < 4.78 is 11.4. The summed E-state index contributed by atoms with van der Waals surface area (Å²) in [7, 11) is 0. The highest BCUT2D eigenvalue weighted by Crippen LogP contribution is 2.24. The van der Waals surface area contributed by atoms with Crippen molar-refractivity contribution < 1.29 is 9.15 Å². The highest BCUT2D eigenvalue weighted by molar-refractivity contribution is 5.79. The van der Waals surface area contributed by atoms with E-state index in [2.05, 4.69) is 25.8 Å². The zero-order chi connectivity index (χ0) is 18.4. The molecule has 0 saturated carbocycles. The van der Waals surface area contributed by atoms with Gasteiger partial charge in [-0.15, -0.1) is 0 Å². The second-order valence-corrected chi connectivity index (χ2v) is 5.48. The average Bonchev–Trinajstić information content (AvgIpc) is 2.99. The van der Waals surface area contributed by atoms with Crippen LogP contribution in [0.4, 0.5) is 0 Å². The standard InChI is InChI=1S/C21H18N2O2/c1-5-18(8-14(2)12-22)16(4)24-15(3)9-20-11-19-10-17(13-23)6-7-21(19)25-20/h6-8,10-11H,2-5,9H2,1H3/b18-8-. The van der Waals surface area contributed by atoms with Crippen molar-refractivity contribution in [1.82, 2.24) is 0 Å². The van der Waals surface area contributed by atoms with Crippen LogP contribution in [-0.4, -0.2) is 0 Å². The van der Waals surface area contributed by atoms with Gasteiger partial charge in [-0.2, -0.15) is 10.5 Å². The van der Waals surface area contributed by atoms with Crippen molar-refractivity contribution in [3.8, 4) is 12.1 Å². The summed E-state index contributed by atoms with van der Waals surface area (Å²) in [5, 5.41) is 18.6. The van der Waals surface area contributed by atoms with E-state index in [1.54, 1.807) is 24.3 Å². The molecule has 0 radical (unpaired) electrons. The summed E-state index contributed by atoms with van der Waals surface area (Å²) in [6.07, 6.45) is 2.69. The molecule has 0 aliphatic carbocycles. The first-order valence-corrected chi connectivity index (χ1v) is 7.73. The number of allylic oxidation sites excluding steroid dienone is 4. The lowest BCUT2D eigenvalue weighted by Gasteiger charge is -2.12. The molecule has 0 fully saturated rings. The van der Waals surface area contributed by atoms with Crippen molar-refractivity contribution in [3.05, 3.63) is 84.1 Å². The van der Waals surface area contributed by atoms with Crippen molar-refractivity contribution in [2.24, 2.45) is 0 Å². The number of fused-ring (bicyclic) bond motifs is 1. The van der Waals surface area contributed by atoms with Crippen LogP contribution in [-0.2, 0) is 11.2 Å². The number of nitriles is 2. The Labute approximate surface area is 147 Å². The number of hydrogen-bond donors (Lipinski definition) is 0. The van der Waals surface area contributed by atoms with Gasteiger partial charge >= 0.3 is 0 Å². The Kier molecular flexibility index (Phi) is 5.61. The Morgan fingerprint density at radius 1 is 1.24 bits per heavy atom. The number of ether oxygens (including phenoxy) is 1. The fourth-order valence-corrected chi connectivity index (χ4v) is 2.35. The van der Waals surface area contributed by atoms with Crippen LogP contribution in [0, 0.1) is 22.7 Å². The summed E-state index contributed by atoms with van der Waals surface area (Å²) >= 11 is 0. The number of hydrogen-bond acceptors (Lipinski definition) is 4. The highest BCUT2D eigenvalue weighted by atomic mass is 16.5. The molecular weight excluding hydrogens is 312 g/mol. The first-order valence-electron chi connectivity index (χ1n) is 7.73. The quantitative estimate of drug-likeness (QED) is 0.392. The Bertz CT molecular complexity index is 962. The number of nitrogens with zero attached hydrogens (tertiary/aromatic N) is 2. The minimum absolute atomic E-state index is 0.345. The first-order chi connectivity index (χ1) is 12.0. The third kappa shape index (κ3) is 4.50. The predicted molar refractivity (Wildman–Crippen MR) is 97.1 cm³/mol. The van der Waals surface area contributed by atoms with Crippen LogP contribution in [0.15, 0.2) is 77.2 Å². The van der Waals surface area contributed by atoms with Gasteiger partial charge in [-0.05, 0) is 42.3 Å². The van der Waals surface area contributed by atoms with Crippen LogP contribution < -0.4 is 0 Å². The molecule has 4 heteroatoms. The summed E-state index contributed by atoms with van der Waals surface area (Å²) in [6.45, 7) is 13.4. The molecule has 0 unspecified atom stereocenters. The first kappa shape index (κ1) is 17.8. The molecule has 1 aromatic carbocycles. The number of rotatable bonds is 7. The summed E-state index contributed by atoms with van der Waals surface area (Å²) in [5.41, 5.74) is 2.42. The summed E-state index contributed by atoms with van der Waals surface area (Å²) in [4.78, 5) is 0. The molecule has 2 aromatic rings. The zero-order valence-corrected chi connectivity index (χ0v) is 14.1. The van der Waals surface area contributed by atoms with E-state index >= 15 is 0 Å². The van der Waals surface area contributed by atoms with E-state index in [0.717, 1.165) is 11.0 Å². The molecule has 0 N–H and O–H groups in total. The van der Waals surface area contributed by atoms with Gasteiger partial charge < -0.3 is 9.15 Å². The Balaban J connectivity index is 2.08. The number of furan rings is 1. The van der Waals surface area contributed by atoms with Gasteiger partial charge in [-0.1, -0.05) is 26.7 Å². The van der Waals surface area contributed by atoms with E-state index in [1.165, 1.54) is 0 Å². The topological polar surface area (TPSA) is 69.9 Å². The maximum absolute atomic E-state index is 8.95. The van der Waals surface area contributed by atoms with Gasteiger partial charge in [0, 0.05) is 11.0 Å². The van der Waals surface area contributed by atoms with Crippen LogP contribution in [0.25, 0.3) is 11.0 Å². The van der Waals surface area contributed by atoms with Gasteiger partial charge in [0.25, 0.3) is 0 Å². The van der Waals surface area contributed by atoms with E-state index in [1.807, 2.05) is 19.1 Å². The second-order valence-electron chi connectivity index (χ2n) is 5.48. The van der Waals surface area contributed by atoms with Crippen molar-refractivity contribution in [1.29, 1.82) is 10.5 Å². The molecule has 0 atom stereocenters. The maximum Gasteiger partial charge on any atom is 0.134 e. The molecule has 1 aromatic heterocycles. The SMILES string of the molecule is C=C(C#N)/C=C(/CC)C(=C)OC(=C)Cc1cc2cc(C#N)ccc2o1. The minimum Gasteiger partial charge on any atom is -0.462 e. The smallest absolute Gasteiger partial charge is 0.134 e. The molecule has 25 heavy (non-hydrogen) atoms. The number of benzene rings is 1. The van der Waals surface area contributed by atoms with Crippen LogP contribution in [0.2, 0.25) is 0 Å². The normalized spacial score (nSPS) is 10.8. The van der Waals surface area contributed by atoms with Gasteiger partial charge in [0.2, 0.25) is 0 Å². The molecular formula is C21H18N2O2. The van der Waals surface area contributed by atoms with E-state index in [-0.39, 0.29) is 0 Å². The molecule has 2 rings (SSSR count). The molecule has 0 saturated heterocycles. The van der Waals surface area contributed by atoms with Gasteiger partial charge in [-0.3, -0.25) is 0 Å². The van der Waals surface area contributed by atoms with E-state index in [0.29, 0.717) is 46.8 Å². The van der Waals surface area contributed by atoms with Crippen molar-refractivity contribution in [2.75, 3.05) is 0 Å². The highest BCUT2D eigenvalue weighted by Gasteiger charge is 2.10. The molecule has 0 bridgehead atoms. The van der Waals surface area contributed by atoms with E-state index in [4.69, 9.17) is 19.7 Å². The summed E-state index contributed by atoms with van der Waals surface area (Å²) in [6, 6.07) is 11.2.